The standard InChI is InChI=1S/C20H23NO7S/c1-5-21(6-2)19(22)14-7-10-16(11-8-14)29(24,25)28-17-12-9-15(20(23)27-4)13-18(17)26-3/h7-13H,5-6H2,1-4H3. The van der Waals surface area contributed by atoms with Gasteiger partial charge in [-0.3, -0.25) is 4.79 Å². The van der Waals surface area contributed by atoms with Gasteiger partial charge in [0.2, 0.25) is 0 Å². The number of nitrogens with zero attached hydrogens (tertiary/aromatic N) is 1. The molecule has 1 amide bonds. The van der Waals surface area contributed by atoms with Crippen LogP contribution in [0.5, 0.6) is 11.5 Å². The summed E-state index contributed by atoms with van der Waals surface area (Å²) < 4.78 is 40.1. The minimum atomic E-state index is -4.18. The van der Waals surface area contributed by atoms with Crippen molar-refractivity contribution in [3.05, 3.63) is 53.6 Å². The molecule has 0 saturated heterocycles. The summed E-state index contributed by atoms with van der Waals surface area (Å²) in [4.78, 5) is 25.5. The highest BCUT2D eigenvalue weighted by atomic mass is 32.2. The zero-order chi connectivity index (χ0) is 21.6. The number of rotatable bonds is 8. The number of benzene rings is 2. The second-order valence-electron chi connectivity index (χ2n) is 5.90. The lowest BCUT2D eigenvalue weighted by Crippen LogP contribution is -2.30. The Morgan fingerprint density at radius 3 is 2.00 bits per heavy atom. The number of hydrogen-bond acceptors (Lipinski definition) is 7. The summed E-state index contributed by atoms with van der Waals surface area (Å²) in [6, 6.07) is 9.49. The van der Waals surface area contributed by atoms with Gasteiger partial charge in [0.25, 0.3) is 5.91 Å². The van der Waals surface area contributed by atoms with Gasteiger partial charge in [0.05, 0.1) is 19.8 Å². The molecule has 0 fully saturated rings. The van der Waals surface area contributed by atoms with E-state index < -0.39 is 16.1 Å². The Kier molecular flexibility index (Phi) is 7.22. The first-order valence-electron chi connectivity index (χ1n) is 8.87. The van der Waals surface area contributed by atoms with Crippen LogP contribution in [0.3, 0.4) is 0 Å². The molecule has 0 aliphatic carbocycles. The van der Waals surface area contributed by atoms with Crippen LogP contribution >= 0.6 is 0 Å². The van der Waals surface area contributed by atoms with Crippen molar-refractivity contribution in [3.8, 4) is 11.5 Å². The minimum absolute atomic E-state index is 0.0600. The van der Waals surface area contributed by atoms with Crippen LogP contribution < -0.4 is 8.92 Å². The van der Waals surface area contributed by atoms with Crippen LogP contribution in [0.2, 0.25) is 0 Å². The predicted molar refractivity (Wildman–Crippen MR) is 106 cm³/mol. The summed E-state index contributed by atoms with van der Waals surface area (Å²) in [5, 5.41) is 0. The fraction of sp³-hybridized carbons (Fsp3) is 0.300. The van der Waals surface area contributed by atoms with Gasteiger partial charge in [-0.05, 0) is 56.3 Å². The number of hydrogen-bond donors (Lipinski definition) is 0. The van der Waals surface area contributed by atoms with Crippen LogP contribution in [0.1, 0.15) is 34.6 Å². The van der Waals surface area contributed by atoms with Gasteiger partial charge >= 0.3 is 16.1 Å². The van der Waals surface area contributed by atoms with Crippen LogP contribution in [-0.4, -0.2) is 52.5 Å². The molecular weight excluding hydrogens is 398 g/mol. The maximum atomic E-state index is 12.6. The van der Waals surface area contributed by atoms with Crippen molar-refractivity contribution in [2.75, 3.05) is 27.3 Å². The number of ether oxygens (including phenoxy) is 2. The van der Waals surface area contributed by atoms with Crippen molar-refractivity contribution in [1.82, 2.24) is 4.90 Å². The topological polar surface area (TPSA) is 99.2 Å². The summed E-state index contributed by atoms with van der Waals surface area (Å²) in [6.07, 6.45) is 0. The Balaban J connectivity index is 2.28. The van der Waals surface area contributed by atoms with Crippen molar-refractivity contribution < 1.29 is 31.7 Å². The molecule has 0 heterocycles. The van der Waals surface area contributed by atoms with Gasteiger partial charge in [0.1, 0.15) is 4.90 Å². The van der Waals surface area contributed by atoms with Crippen LogP contribution in [-0.2, 0) is 14.9 Å². The maximum absolute atomic E-state index is 12.6. The fourth-order valence-corrected chi connectivity index (χ4v) is 3.54. The van der Waals surface area contributed by atoms with Crippen molar-refractivity contribution in [3.63, 3.8) is 0 Å². The first-order valence-corrected chi connectivity index (χ1v) is 10.3. The highest BCUT2D eigenvalue weighted by molar-refractivity contribution is 7.87. The molecule has 0 saturated carbocycles. The van der Waals surface area contributed by atoms with Crippen LogP contribution in [0.15, 0.2) is 47.4 Å². The van der Waals surface area contributed by atoms with E-state index in [9.17, 15) is 18.0 Å². The molecular formula is C20H23NO7S. The minimum Gasteiger partial charge on any atom is -0.493 e. The highest BCUT2D eigenvalue weighted by Crippen LogP contribution is 2.31. The van der Waals surface area contributed by atoms with E-state index in [2.05, 4.69) is 4.74 Å². The first kappa shape index (κ1) is 22.2. The number of methoxy groups -OCH3 is 2. The summed E-state index contributed by atoms with van der Waals surface area (Å²) in [7, 11) is -1.62. The van der Waals surface area contributed by atoms with Crippen LogP contribution in [0.4, 0.5) is 0 Å². The molecule has 0 atom stereocenters. The van der Waals surface area contributed by atoms with Gasteiger partial charge in [-0.15, -0.1) is 0 Å². The van der Waals surface area contributed by atoms with Gasteiger partial charge in [-0.2, -0.15) is 8.42 Å². The second-order valence-corrected chi connectivity index (χ2v) is 7.44. The number of amides is 1. The van der Waals surface area contributed by atoms with Crippen molar-refractivity contribution in [2.24, 2.45) is 0 Å². The molecule has 2 rings (SSSR count). The van der Waals surface area contributed by atoms with E-state index in [0.29, 0.717) is 18.7 Å². The second kappa shape index (κ2) is 9.42. The molecule has 0 radical (unpaired) electrons. The van der Waals surface area contributed by atoms with E-state index in [-0.39, 0.29) is 27.9 Å². The molecule has 8 nitrogen and oxygen atoms in total. The zero-order valence-corrected chi connectivity index (χ0v) is 17.5. The molecule has 0 bridgehead atoms. The molecule has 0 N–H and O–H groups in total. The summed E-state index contributed by atoms with van der Waals surface area (Å²) in [5.74, 6) is -0.792. The van der Waals surface area contributed by atoms with Crippen molar-refractivity contribution in [1.29, 1.82) is 0 Å². The highest BCUT2D eigenvalue weighted by Gasteiger charge is 2.21. The lowest BCUT2D eigenvalue weighted by Gasteiger charge is -2.18. The monoisotopic (exact) mass is 421 g/mol. The summed E-state index contributed by atoms with van der Waals surface area (Å²) >= 11 is 0. The first-order chi connectivity index (χ1) is 13.8. The third-order valence-corrected chi connectivity index (χ3v) is 5.47. The SMILES string of the molecule is CCN(CC)C(=O)c1ccc(S(=O)(=O)Oc2ccc(C(=O)OC)cc2OC)cc1. The van der Waals surface area contributed by atoms with Gasteiger partial charge in [0, 0.05) is 18.7 Å². The quantitative estimate of drug-likeness (QED) is 0.477. The lowest BCUT2D eigenvalue weighted by atomic mass is 10.2. The molecule has 0 aliphatic heterocycles. The molecule has 0 aliphatic rings. The predicted octanol–water partition coefficient (Wildman–Crippen LogP) is 2.73. The van der Waals surface area contributed by atoms with Crippen LogP contribution in [0.25, 0.3) is 0 Å². The van der Waals surface area contributed by atoms with Gasteiger partial charge in [-0.25, -0.2) is 4.79 Å². The van der Waals surface area contributed by atoms with E-state index in [1.807, 2.05) is 13.8 Å². The molecule has 2 aromatic carbocycles. The van der Waals surface area contributed by atoms with Gasteiger partial charge in [-0.1, -0.05) is 0 Å². The third kappa shape index (κ3) is 5.05. The zero-order valence-electron chi connectivity index (χ0n) is 16.7. The molecule has 0 spiro atoms. The van der Waals surface area contributed by atoms with E-state index in [1.165, 1.54) is 56.7 Å². The Morgan fingerprint density at radius 1 is 0.897 bits per heavy atom. The van der Waals surface area contributed by atoms with E-state index in [4.69, 9.17) is 8.92 Å². The summed E-state index contributed by atoms with van der Waals surface area (Å²) in [6.45, 7) is 4.85. The smallest absolute Gasteiger partial charge is 0.339 e. The van der Waals surface area contributed by atoms with Crippen LogP contribution in [0, 0.1) is 0 Å². The Hall–Kier alpha value is -3.07. The lowest BCUT2D eigenvalue weighted by molar-refractivity contribution is 0.0600. The van der Waals surface area contributed by atoms with Crippen molar-refractivity contribution >= 4 is 22.0 Å². The fourth-order valence-electron chi connectivity index (χ4n) is 2.61. The number of carbonyl (C=O) groups excluding carboxylic acids is 2. The Bertz CT molecular complexity index is 980. The average Bonchev–Trinajstić information content (AvgIpc) is 2.74. The number of esters is 1. The van der Waals surface area contributed by atoms with E-state index >= 15 is 0 Å². The van der Waals surface area contributed by atoms with Crippen molar-refractivity contribution in [2.45, 2.75) is 18.7 Å². The van der Waals surface area contributed by atoms with Gasteiger partial charge < -0.3 is 18.6 Å². The summed E-state index contributed by atoms with van der Waals surface area (Å²) in [5.41, 5.74) is 0.570. The largest absolute Gasteiger partial charge is 0.493 e. The Morgan fingerprint density at radius 2 is 1.48 bits per heavy atom. The number of carbonyl (C=O) groups is 2. The maximum Gasteiger partial charge on any atom is 0.339 e. The van der Waals surface area contributed by atoms with Gasteiger partial charge in [0.15, 0.2) is 11.5 Å². The Labute approximate surface area is 170 Å². The average molecular weight is 421 g/mol. The molecule has 29 heavy (non-hydrogen) atoms. The molecule has 156 valence electrons. The molecule has 9 heteroatoms. The molecule has 0 aromatic heterocycles. The van der Waals surface area contributed by atoms with E-state index in [1.54, 1.807) is 4.90 Å². The third-order valence-electron chi connectivity index (χ3n) is 4.22. The van der Waals surface area contributed by atoms with E-state index in [0.717, 1.165) is 0 Å². The normalized spacial score (nSPS) is 10.9. The molecule has 0 unspecified atom stereocenters. The molecule has 2 aromatic rings.